The predicted molar refractivity (Wildman–Crippen MR) is 84.2 cm³/mol. The Morgan fingerprint density at radius 2 is 2.26 bits per heavy atom. The lowest BCUT2D eigenvalue weighted by Crippen LogP contribution is -2.44. The monoisotopic (exact) mass is 333 g/mol. The number of nitrogens with zero attached hydrogens (tertiary/aromatic N) is 3. The number of aromatic nitrogens is 2. The number of amides is 1. The Balaban J connectivity index is 1.52. The molecule has 3 atom stereocenters. The molecule has 0 bridgehead atoms. The second-order valence-corrected chi connectivity index (χ2v) is 7.15. The molecule has 0 spiro atoms. The van der Waals surface area contributed by atoms with E-state index in [2.05, 4.69) is 28.6 Å². The van der Waals surface area contributed by atoms with E-state index in [1.54, 1.807) is 18.3 Å². The topological polar surface area (TPSA) is 68.5 Å². The van der Waals surface area contributed by atoms with E-state index >= 15 is 0 Å². The molecule has 2 fully saturated rings. The summed E-state index contributed by atoms with van der Waals surface area (Å²) < 4.78 is 11.1. The van der Waals surface area contributed by atoms with E-state index in [1.807, 2.05) is 4.90 Å². The van der Waals surface area contributed by atoms with Crippen molar-refractivity contribution in [2.45, 2.75) is 32.2 Å². The van der Waals surface area contributed by atoms with Gasteiger partial charge in [-0.05, 0) is 30.4 Å². The molecule has 1 aliphatic carbocycles. The average Bonchev–Trinajstić information content (AvgIpc) is 3.04. The maximum Gasteiger partial charge on any atom is 0.241 e. The lowest BCUT2D eigenvalue weighted by atomic mass is 10.1. The molecular formula is C16H19N3O3S. The Hall–Kier alpha value is -1.73. The smallest absolute Gasteiger partial charge is 0.241 e. The number of carbonyl (C=O) groups excluding carboxylic acids is 1. The van der Waals surface area contributed by atoms with Gasteiger partial charge in [-0.15, -0.1) is 21.5 Å². The molecule has 0 aromatic carbocycles. The van der Waals surface area contributed by atoms with Crippen molar-refractivity contribution in [3.63, 3.8) is 0 Å². The van der Waals surface area contributed by atoms with Gasteiger partial charge >= 0.3 is 0 Å². The van der Waals surface area contributed by atoms with Crippen molar-refractivity contribution >= 4 is 17.2 Å². The predicted octanol–water partition coefficient (Wildman–Crippen LogP) is 2.45. The van der Waals surface area contributed by atoms with E-state index in [0.29, 0.717) is 37.5 Å². The molecule has 4 rings (SSSR count). The summed E-state index contributed by atoms with van der Waals surface area (Å²) in [5.41, 5.74) is 1.29. The Morgan fingerprint density at radius 3 is 2.96 bits per heavy atom. The van der Waals surface area contributed by atoms with Crippen LogP contribution in [-0.4, -0.2) is 40.8 Å². The van der Waals surface area contributed by atoms with Crippen molar-refractivity contribution < 1.29 is 13.9 Å². The van der Waals surface area contributed by atoms with E-state index in [9.17, 15) is 4.79 Å². The van der Waals surface area contributed by atoms with Crippen LogP contribution in [0.3, 0.4) is 0 Å². The lowest BCUT2D eigenvalue weighted by molar-refractivity contribution is -0.142. The zero-order valence-electron chi connectivity index (χ0n) is 13.2. The zero-order valence-corrected chi connectivity index (χ0v) is 14.0. The number of hydrogen-bond donors (Lipinski definition) is 0. The zero-order chi connectivity index (χ0) is 16.0. The van der Waals surface area contributed by atoms with Crippen LogP contribution in [0.15, 0.2) is 15.9 Å². The molecule has 2 aromatic rings. The van der Waals surface area contributed by atoms with E-state index in [-0.39, 0.29) is 17.9 Å². The van der Waals surface area contributed by atoms with Gasteiger partial charge in [0.25, 0.3) is 0 Å². The number of morpholine rings is 1. The summed E-state index contributed by atoms with van der Waals surface area (Å²) >= 11 is 1.75. The summed E-state index contributed by atoms with van der Waals surface area (Å²) in [5.74, 6) is 1.62. The first-order valence-corrected chi connectivity index (χ1v) is 8.75. The van der Waals surface area contributed by atoms with Crippen LogP contribution in [0.25, 0.3) is 0 Å². The molecule has 122 valence electrons. The molecule has 6 nitrogen and oxygen atoms in total. The summed E-state index contributed by atoms with van der Waals surface area (Å²) in [7, 11) is 0. The minimum Gasteiger partial charge on any atom is -0.423 e. The summed E-state index contributed by atoms with van der Waals surface area (Å²) in [6.07, 6.45) is 0.938. The highest BCUT2D eigenvalue weighted by atomic mass is 32.1. The number of hydrogen-bond acceptors (Lipinski definition) is 6. The first kappa shape index (κ1) is 14.8. The maximum absolute atomic E-state index is 13.0. The van der Waals surface area contributed by atoms with Gasteiger partial charge in [-0.2, -0.15) is 0 Å². The molecule has 1 saturated carbocycles. The molecule has 0 N–H and O–H groups in total. The van der Waals surface area contributed by atoms with Gasteiger partial charge in [-0.25, -0.2) is 0 Å². The molecule has 1 aliphatic heterocycles. The van der Waals surface area contributed by atoms with Gasteiger partial charge in [0.05, 0.1) is 13.2 Å². The summed E-state index contributed by atoms with van der Waals surface area (Å²) in [5, 5.41) is 10.1. The fraction of sp³-hybridized carbons (Fsp3) is 0.562. The van der Waals surface area contributed by atoms with E-state index in [1.165, 1.54) is 10.4 Å². The van der Waals surface area contributed by atoms with E-state index in [4.69, 9.17) is 9.15 Å². The van der Waals surface area contributed by atoms with Gasteiger partial charge < -0.3 is 14.1 Å². The third kappa shape index (κ3) is 2.68. The maximum atomic E-state index is 13.0. The van der Waals surface area contributed by atoms with Gasteiger partial charge in [-0.1, -0.05) is 0 Å². The van der Waals surface area contributed by atoms with Gasteiger partial charge in [0, 0.05) is 30.2 Å². The van der Waals surface area contributed by atoms with Gasteiger partial charge in [0.1, 0.15) is 6.04 Å². The molecule has 3 unspecified atom stereocenters. The molecule has 7 heteroatoms. The van der Waals surface area contributed by atoms with Crippen molar-refractivity contribution in [3.8, 4) is 0 Å². The van der Waals surface area contributed by atoms with Crippen LogP contribution in [0.4, 0.5) is 0 Å². The van der Waals surface area contributed by atoms with E-state index in [0.717, 1.165) is 6.42 Å². The number of aryl methyl sites for hydroxylation is 2. The quantitative estimate of drug-likeness (QED) is 0.863. The van der Waals surface area contributed by atoms with Crippen molar-refractivity contribution in [1.29, 1.82) is 0 Å². The van der Waals surface area contributed by atoms with Crippen LogP contribution in [0, 0.1) is 19.8 Å². The van der Waals surface area contributed by atoms with Crippen molar-refractivity contribution in [2.75, 3.05) is 19.8 Å². The summed E-state index contributed by atoms with van der Waals surface area (Å²) in [4.78, 5) is 16.2. The van der Waals surface area contributed by atoms with Crippen LogP contribution >= 0.6 is 11.3 Å². The molecule has 23 heavy (non-hydrogen) atoms. The SMILES string of the molecule is Cc1nnc(C2COCCN2C(=O)C2CC2c2sccc2C)o1. The second kappa shape index (κ2) is 5.72. The van der Waals surface area contributed by atoms with E-state index < -0.39 is 0 Å². The van der Waals surface area contributed by atoms with Crippen molar-refractivity contribution in [1.82, 2.24) is 15.1 Å². The number of carbonyl (C=O) groups is 1. The van der Waals surface area contributed by atoms with Crippen molar-refractivity contribution in [3.05, 3.63) is 33.7 Å². The van der Waals surface area contributed by atoms with Gasteiger partial charge in [-0.3, -0.25) is 4.79 Å². The Morgan fingerprint density at radius 1 is 1.39 bits per heavy atom. The Kier molecular flexibility index (Phi) is 3.69. The molecule has 1 amide bonds. The van der Waals surface area contributed by atoms with Crippen LogP contribution in [-0.2, 0) is 9.53 Å². The molecule has 0 radical (unpaired) electrons. The van der Waals surface area contributed by atoms with Crippen LogP contribution in [0.5, 0.6) is 0 Å². The van der Waals surface area contributed by atoms with Crippen molar-refractivity contribution in [2.24, 2.45) is 5.92 Å². The summed E-state index contributed by atoms with van der Waals surface area (Å²) in [6.45, 7) is 5.43. The largest absolute Gasteiger partial charge is 0.423 e. The molecule has 1 saturated heterocycles. The molecule has 2 aromatic heterocycles. The molecule has 2 aliphatic rings. The Bertz CT molecular complexity index is 726. The normalized spacial score (nSPS) is 27.2. The second-order valence-electron chi connectivity index (χ2n) is 6.20. The first-order valence-electron chi connectivity index (χ1n) is 7.87. The fourth-order valence-electron chi connectivity index (χ4n) is 3.25. The average molecular weight is 333 g/mol. The standard InChI is InChI=1S/C16H19N3O3S/c1-9-3-6-23-14(9)11-7-12(11)16(20)19-4-5-21-8-13(19)15-18-17-10(2)22-15/h3,6,11-13H,4-5,7-8H2,1-2H3. The highest BCUT2D eigenvalue weighted by Gasteiger charge is 2.49. The molecule has 3 heterocycles. The molecular weight excluding hydrogens is 314 g/mol. The Labute approximate surface area is 138 Å². The fourth-order valence-corrected chi connectivity index (χ4v) is 4.36. The first-order chi connectivity index (χ1) is 11.1. The van der Waals surface area contributed by atoms with Gasteiger partial charge in [0.15, 0.2) is 0 Å². The third-order valence-corrected chi connectivity index (χ3v) is 5.74. The van der Waals surface area contributed by atoms with Crippen LogP contribution < -0.4 is 0 Å². The minimum atomic E-state index is -0.261. The number of ether oxygens (including phenoxy) is 1. The number of thiophene rings is 1. The van der Waals surface area contributed by atoms with Gasteiger partial charge in [0.2, 0.25) is 17.7 Å². The third-order valence-electron chi connectivity index (χ3n) is 4.58. The van der Waals surface area contributed by atoms with Crippen LogP contribution in [0.1, 0.15) is 40.6 Å². The lowest BCUT2D eigenvalue weighted by Gasteiger charge is -2.33. The van der Waals surface area contributed by atoms with Crippen LogP contribution in [0.2, 0.25) is 0 Å². The highest BCUT2D eigenvalue weighted by Crippen LogP contribution is 2.51. The highest BCUT2D eigenvalue weighted by molar-refractivity contribution is 7.10. The minimum absolute atomic E-state index is 0.0805. The number of rotatable bonds is 3. The summed E-state index contributed by atoms with van der Waals surface area (Å²) in [6, 6.07) is 1.86.